The van der Waals surface area contributed by atoms with Crippen molar-refractivity contribution in [2.75, 3.05) is 13.2 Å². The van der Waals surface area contributed by atoms with Crippen LogP contribution in [0.3, 0.4) is 0 Å². The molecule has 0 aromatic heterocycles. The van der Waals surface area contributed by atoms with Crippen molar-refractivity contribution in [1.82, 2.24) is 0 Å². The summed E-state index contributed by atoms with van der Waals surface area (Å²) in [6.07, 6.45) is 90.8. The maximum atomic E-state index is 12.9. The maximum Gasteiger partial charge on any atom is 0.306 e. The number of carbonyl (C=O) groups excluding carboxylic acids is 3. The van der Waals surface area contributed by atoms with Gasteiger partial charge >= 0.3 is 17.9 Å². The lowest BCUT2D eigenvalue weighted by Gasteiger charge is -2.18. The number of carbonyl (C=O) groups is 3. The van der Waals surface area contributed by atoms with Crippen molar-refractivity contribution < 1.29 is 28.6 Å². The number of esters is 3. The Morgan fingerprint density at radius 2 is 0.481 bits per heavy atom. The number of ether oxygens (including phenoxy) is 3. The first-order valence-corrected chi connectivity index (χ1v) is 35.4. The minimum absolute atomic E-state index is 0.0681. The smallest absolute Gasteiger partial charge is 0.306 e. The summed E-state index contributed by atoms with van der Waals surface area (Å²) in [4.78, 5) is 38.3. The highest BCUT2D eigenvalue weighted by molar-refractivity contribution is 5.71. The van der Waals surface area contributed by atoms with Crippen LogP contribution >= 0.6 is 0 Å². The zero-order chi connectivity index (χ0) is 58.5. The van der Waals surface area contributed by atoms with E-state index in [0.717, 1.165) is 96.3 Å². The second-order valence-electron chi connectivity index (χ2n) is 23.8. The molecule has 0 saturated heterocycles. The third-order valence-electron chi connectivity index (χ3n) is 15.7. The molecule has 1 unspecified atom stereocenters. The molecule has 0 aliphatic carbocycles. The van der Waals surface area contributed by atoms with E-state index in [2.05, 4.69) is 93.7 Å². The van der Waals surface area contributed by atoms with Gasteiger partial charge in [-0.15, -0.1) is 0 Å². The fourth-order valence-electron chi connectivity index (χ4n) is 10.5. The lowest BCUT2D eigenvalue weighted by atomic mass is 10.0. The topological polar surface area (TPSA) is 78.9 Å². The average Bonchev–Trinajstić information content (AvgIpc) is 3.47. The van der Waals surface area contributed by atoms with Crippen molar-refractivity contribution in [2.45, 2.75) is 374 Å². The summed E-state index contributed by atoms with van der Waals surface area (Å²) in [5.41, 5.74) is 0. The predicted molar refractivity (Wildman–Crippen MR) is 353 cm³/mol. The Bertz CT molecular complexity index is 1490. The van der Waals surface area contributed by atoms with Gasteiger partial charge in [0.25, 0.3) is 0 Å². The van der Waals surface area contributed by atoms with E-state index in [9.17, 15) is 14.4 Å². The predicted octanol–water partition coefficient (Wildman–Crippen LogP) is 24.4. The van der Waals surface area contributed by atoms with Gasteiger partial charge in [-0.25, -0.2) is 0 Å². The van der Waals surface area contributed by atoms with E-state index < -0.39 is 6.10 Å². The fraction of sp³-hybridized carbons (Fsp3) is 0.800. The van der Waals surface area contributed by atoms with Gasteiger partial charge in [-0.3, -0.25) is 14.4 Å². The summed E-state index contributed by atoms with van der Waals surface area (Å²) < 4.78 is 17.0. The quantitative estimate of drug-likeness (QED) is 0.0261. The molecule has 0 rings (SSSR count). The highest BCUT2D eigenvalue weighted by atomic mass is 16.6. The van der Waals surface area contributed by atoms with Gasteiger partial charge in [-0.05, 0) is 70.6 Å². The SMILES string of the molecule is CC/C=C\C/C=C\C/C=C\C/C=C\C/C=C\C/C=C\CCCCCCCCCCCCCCCCC(=O)OCC(COC(=O)CCCCCCCCCCCCC)OC(=O)CCCCCCCCCCCCCCCCCCCCC. The van der Waals surface area contributed by atoms with Crippen molar-refractivity contribution >= 4 is 17.9 Å². The summed E-state index contributed by atoms with van der Waals surface area (Å²) in [5, 5.41) is 0. The van der Waals surface area contributed by atoms with E-state index in [1.54, 1.807) is 0 Å². The number of unbranched alkanes of at least 4 members (excludes halogenated alkanes) is 42. The Kier molecular flexibility index (Phi) is 66.6. The monoisotopic (exact) mass is 1130 g/mol. The second kappa shape index (κ2) is 69.3. The number of rotatable bonds is 65. The summed E-state index contributed by atoms with van der Waals surface area (Å²) in [7, 11) is 0. The normalized spacial score (nSPS) is 12.5. The molecule has 0 spiro atoms. The average molecular weight is 1130 g/mol. The molecule has 470 valence electrons. The van der Waals surface area contributed by atoms with Crippen molar-refractivity contribution in [3.8, 4) is 0 Å². The molecule has 0 saturated carbocycles. The highest BCUT2D eigenvalue weighted by Crippen LogP contribution is 2.18. The lowest BCUT2D eigenvalue weighted by Crippen LogP contribution is -2.30. The van der Waals surface area contributed by atoms with Crippen LogP contribution in [0.1, 0.15) is 367 Å². The van der Waals surface area contributed by atoms with Gasteiger partial charge in [0.15, 0.2) is 6.10 Å². The van der Waals surface area contributed by atoms with Gasteiger partial charge in [0.2, 0.25) is 0 Å². The van der Waals surface area contributed by atoms with Crippen molar-refractivity contribution in [1.29, 1.82) is 0 Å². The zero-order valence-electron chi connectivity index (χ0n) is 54.1. The molecular formula is C75H134O6. The molecule has 0 fully saturated rings. The van der Waals surface area contributed by atoms with Crippen molar-refractivity contribution in [3.05, 3.63) is 72.9 Å². The Morgan fingerprint density at radius 3 is 0.753 bits per heavy atom. The molecule has 0 aliphatic heterocycles. The minimum atomic E-state index is -0.771. The van der Waals surface area contributed by atoms with Crippen molar-refractivity contribution in [2.24, 2.45) is 0 Å². The van der Waals surface area contributed by atoms with Crippen LogP contribution in [0.5, 0.6) is 0 Å². The van der Waals surface area contributed by atoms with Gasteiger partial charge in [0.1, 0.15) is 13.2 Å². The molecule has 0 radical (unpaired) electrons. The van der Waals surface area contributed by atoms with Crippen LogP contribution in [0.15, 0.2) is 72.9 Å². The lowest BCUT2D eigenvalue weighted by molar-refractivity contribution is -0.167. The first kappa shape index (κ1) is 77.9. The van der Waals surface area contributed by atoms with Crippen LogP contribution in [-0.2, 0) is 28.6 Å². The van der Waals surface area contributed by atoms with Crippen LogP contribution in [0.4, 0.5) is 0 Å². The molecular weight excluding hydrogens is 997 g/mol. The number of allylic oxidation sites excluding steroid dienone is 12. The van der Waals surface area contributed by atoms with E-state index >= 15 is 0 Å². The summed E-state index contributed by atoms with van der Waals surface area (Å²) in [6.45, 7) is 6.58. The van der Waals surface area contributed by atoms with Crippen LogP contribution < -0.4 is 0 Å². The molecule has 0 N–H and O–H groups in total. The van der Waals surface area contributed by atoms with E-state index in [4.69, 9.17) is 14.2 Å². The Balaban J connectivity index is 4.14. The highest BCUT2D eigenvalue weighted by Gasteiger charge is 2.19. The molecule has 0 aromatic rings. The Morgan fingerprint density at radius 1 is 0.259 bits per heavy atom. The Labute approximate surface area is 503 Å². The van der Waals surface area contributed by atoms with Gasteiger partial charge < -0.3 is 14.2 Å². The number of hydrogen-bond donors (Lipinski definition) is 0. The van der Waals surface area contributed by atoms with E-state index in [1.807, 2.05) is 0 Å². The molecule has 0 heterocycles. The third-order valence-corrected chi connectivity index (χ3v) is 15.7. The molecule has 0 bridgehead atoms. The van der Waals surface area contributed by atoms with E-state index in [-0.39, 0.29) is 31.1 Å². The molecule has 0 amide bonds. The molecule has 0 aromatic carbocycles. The second-order valence-corrected chi connectivity index (χ2v) is 23.8. The van der Waals surface area contributed by atoms with Crippen LogP contribution in [0.25, 0.3) is 0 Å². The van der Waals surface area contributed by atoms with Crippen LogP contribution in [0, 0.1) is 0 Å². The maximum absolute atomic E-state index is 12.9. The summed E-state index contributed by atoms with van der Waals surface area (Å²) in [5.74, 6) is -0.845. The molecule has 1 atom stereocenters. The van der Waals surface area contributed by atoms with Gasteiger partial charge in [0.05, 0.1) is 0 Å². The van der Waals surface area contributed by atoms with E-state index in [1.165, 1.54) is 231 Å². The standard InChI is InChI=1S/C75H134O6/c1-4-7-10-13-16-19-22-24-26-28-30-31-32-33-34-35-36-37-38-39-40-41-42-43-45-46-48-50-53-56-59-62-65-68-74(77)80-71-72(70-79-73(76)67-64-61-58-55-52-21-18-15-12-9-6-3)81-75(78)69-66-63-60-57-54-51-49-47-44-29-27-25-23-20-17-14-11-8-5-2/h7,10,16,19,24,26,30-31,33-34,36-37,72H,4-6,8-9,11-15,17-18,20-23,25,27-29,32,35,38-71H2,1-3H3/b10-7-,19-16-,26-24-,31-30-,34-33-,37-36-. The Hall–Kier alpha value is -3.15. The number of hydrogen-bond acceptors (Lipinski definition) is 6. The minimum Gasteiger partial charge on any atom is -0.462 e. The summed E-state index contributed by atoms with van der Waals surface area (Å²) in [6, 6.07) is 0. The van der Waals surface area contributed by atoms with Crippen LogP contribution in [-0.4, -0.2) is 37.2 Å². The van der Waals surface area contributed by atoms with Gasteiger partial charge in [-0.1, -0.05) is 351 Å². The molecule has 0 aliphatic rings. The first-order chi connectivity index (χ1) is 40.0. The first-order valence-electron chi connectivity index (χ1n) is 35.4. The van der Waals surface area contributed by atoms with Gasteiger partial charge in [-0.2, -0.15) is 0 Å². The van der Waals surface area contributed by atoms with Gasteiger partial charge in [0, 0.05) is 19.3 Å². The molecule has 6 heteroatoms. The van der Waals surface area contributed by atoms with Crippen LogP contribution in [0.2, 0.25) is 0 Å². The molecule has 81 heavy (non-hydrogen) atoms. The van der Waals surface area contributed by atoms with E-state index in [0.29, 0.717) is 19.3 Å². The third kappa shape index (κ3) is 67.5. The largest absolute Gasteiger partial charge is 0.462 e. The van der Waals surface area contributed by atoms with Crippen molar-refractivity contribution in [3.63, 3.8) is 0 Å². The molecule has 6 nitrogen and oxygen atoms in total. The fourth-order valence-corrected chi connectivity index (χ4v) is 10.5. The summed E-state index contributed by atoms with van der Waals surface area (Å²) >= 11 is 0. The zero-order valence-corrected chi connectivity index (χ0v) is 54.1.